The standard InChI is InChI=1S/C8H9N3OS/c12-5-4-11-6-2-1-3-9-7(6)10-8(11)13/h1-3,12H,4-5H2,(H,9,10,13). The average Bonchev–Trinajstić information content (AvgIpc) is 2.44. The van der Waals surface area contributed by atoms with Gasteiger partial charge in [0.25, 0.3) is 0 Å². The Balaban J connectivity index is 2.71. The number of fused-ring (bicyclic) bond motifs is 1. The molecule has 0 unspecified atom stereocenters. The predicted octanol–water partition coefficient (Wildman–Crippen LogP) is 1.09. The molecule has 0 saturated carbocycles. The molecule has 13 heavy (non-hydrogen) atoms. The van der Waals surface area contributed by atoms with Gasteiger partial charge < -0.3 is 14.7 Å². The highest BCUT2D eigenvalue weighted by Gasteiger charge is 2.02. The third kappa shape index (κ3) is 1.36. The van der Waals surface area contributed by atoms with Crippen molar-refractivity contribution in [2.45, 2.75) is 6.54 Å². The number of nitrogens with one attached hydrogen (secondary N) is 1. The number of H-pyrrole nitrogens is 1. The van der Waals surface area contributed by atoms with Crippen LogP contribution in [0.15, 0.2) is 18.3 Å². The van der Waals surface area contributed by atoms with E-state index in [0.717, 1.165) is 11.2 Å². The highest BCUT2D eigenvalue weighted by atomic mass is 32.1. The van der Waals surface area contributed by atoms with Crippen molar-refractivity contribution in [3.8, 4) is 0 Å². The normalized spacial score (nSPS) is 10.8. The lowest BCUT2D eigenvalue weighted by Crippen LogP contribution is -2.01. The Morgan fingerprint density at radius 2 is 2.46 bits per heavy atom. The van der Waals surface area contributed by atoms with E-state index in [1.807, 2.05) is 16.7 Å². The number of hydrogen-bond donors (Lipinski definition) is 2. The van der Waals surface area contributed by atoms with Crippen molar-refractivity contribution < 1.29 is 5.11 Å². The molecule has 0 radical (unpaired) electrons. The number of rotatable bonds is 2. The molecule has 2 aromatic heterocycles. The topological polar surface area (TPSA) is 53.8 Å². The molecule has 4 nitrogen and oxygen atoms in total. The average molecular weight is 195 g/mol. The third-order valence-electron chi connectivity index (χ3n) is 1.87. The maximum atomic E-state index is 8.82. The first-order chi connectivity index (χ1) is 6.33. The fourth-order valence-electron chi connectivity index (χ4n) is 1.31. The number of aliphatic hydroxyl groups excluding tert-OH is 1. The second-order valence-corrected chi connectivity index (χ2v) is 3.06. The van der Waals surface area contributed by atoms with E-state index >= 15 is 0 Å². The molecule has 0 amide bonds. The molecule has 2 aromatic rings. The van der Waals surface area contributed by atoms with Gasteiger partial charge in [0, 0.05) is 12.7 Å². The fourth-order valence-corrected chi connectivity index (χ4v) is 1.60. The van der Waals surface area contributed by atoms with Gasteiger partial charge in [0.1, 0.15) is 0 Å². The van der Waals surface area contributed by atoms with Crippen molar-refractivity contribution in [2.24, 2.45) is 0 Å². The van der Waals surface area contributed by atoms with Crippen LogP contribution in [0.4, 0.5) is 0 Å². The zero-order valence-corrected chi connectivity index (χ0v) is 7.71. The van der Waals surface area contributed by atoms with E-state index in [1.54, 1.807) is 6.20 Å². The monoisotopic (exact) mass is 195 g/mol. The highest BCUT2D eigenvalue weighted by molar-refractivity contribution is 7.71. The van der Waals surface area contributed by atoms with Crippen molar-refractivity contribution in [1.82, 2.24) is 14.5 Å². The quantitative estimate of drug-likeness (QED) is 0.705. The molecule has 68 valence electrons. The minimum atomic E-state index is 0.0795. The first-order valence-electron chi connectivity index (χ1n) is 3.97. The molecule has 0 fully saturated rings. The van der Waals surface area contributed by atoms with Crippen molar-refractivity contribution >= 4 is 23.4 Å². The van der Waals surface area contributed by atoms with Crippen LogP contribution < -0.4 is 0 Å². The molecule has 5 heteroatoms. The van der Waals surface area contributed by atoms with E-state index in [9.17, 15) is 0 Å². The van der Waals surface area contributed by atoms with E-state index in [2.05, 4.69) is 9.97 Å². The van der Waals surface area contributed by atoms with Crippen LogP contribution in [0.3, 0.4) is 0 Å². The molecular weight excluding hydrogens is 186 g/mol. The maximum Gasteiger partial charge on any atom is 0.179 e. The van der Waals surface area contributed by atoms with Gasteiger partial charge in [0.05, 0.1) is 12.1 Å². The molecule has 0 bridgehead atoms. The Labute approximate surface area is 79.9 Å². The van der Waals surface area contributed by atoms with Gasteiger partial charge in [-0.05, 0) is 24.4 Å². The smallest absolute Gasteiger partial charge is 0.179 e. The summed E-state index contributed by atoms with van der Waals surface area (Å²) in [4.78, 5) is 7.09. The van der Waals surface area contributed by atoms with E-state index in [-0.39, 0.29) is 6.61 Å². The summed E-state index contributed by atoms with van der Waals surface area (Å²) in [5.41, 5.74) is 1.70. The van der Waals surface area contributed by atoms with Crippen LogP contribution in [0.25, 0.3) is 11.2 Å². The number of aromatic amines is 1. The summed E-state index contributed by atoms with van der Waals surface area (Å²) in [7, 11) is 0. The van der Waals surface area contributed by atoms with Gasteiger partial charge in [-0.1, -0.05) is 0 Å². The van der Waals surface area contributed by atoms with Crippen molar-refractivity contribution in [2.75, 3.05) is 6.61 Å². The first kappa shape index (κ1) is 8.40. The Morgan fingerprint density at radius 3 is 3.23 bits per heavy atom. The number of aliphatic hydroxyl groups is 1. The van der Waals surface area contributed by atoms with E-state index in [1.165, 1.54) is 0 Å². The number of nitrogens with zero attached hydrogens (tertiary/aromatic N) is 2. The Morgan fingerprint density at radius 1 is 1.62 bits per heavy atom. The molecule has 2 heterocycles. The number of aromatic nitrogens is 3. The lowest BCUT2D eigenvalue weighted by Gasteiger charge is -1.99. The molecule has 0 aliphatic rings. The molecule has 0 saturated heterocycles. The summed E-state index contributed by atoms with van der Waals surface area (Å²) < 4.78 is 2.43. The molecule has 0 atom stereocenters. The fraction of sp³-hybridized carbons (Fsp3) is 0.250. The summed E-state index contributed by atoms with van der Waals surface area (Å²) in [6.45, 7) is 0.584. The number of pyridine rings is 1. The lowest BCUT2D eigenvalue weighted by molar-refractivity contribution is 0.277. The molecule has 0 aromatic carbocycles. The molecule has 0 aliphatic heterocycles. The number of imidazole rings is 1. The number of hydrogen-bond acceptors (Lipinski definition) is 3. The summed E-state index contributed by atoms with van der Waals surface area (Å²) >= 11 is 5.07. The largest absolute Gasteiger partial charge is 0.395 e. The van der Waals surface area contributed by atoms with Gasteiger partial charge >= 0.3 is 0 Å². The van der Waals surface area contributed by atoms with Gasteiger partial charge in [-0.3, -0.25) is 0 Å². The van der Waals surface area contributed by atoms with Crippen LogP contribution in [0, 0.1) is 4.77 Å². The van der Waals surface area contributed by atoms with Crippen molar-refractivity contribution in [1.29, 1.82) is 0 Å². The van der Waals surface area contributed by atoms with Gasteiger partial charge in [-0.25, -0.2) is 4.98 Å². The maximum absolute atomic E-state index is 8.82. The second-order valence-electron chi connectivity index (χ2n) is 2.68. The summed E-state index contributed by atoms with van der Waals surface area (Å²) in [6, 6.07) is 3.77. The molecule has 0 aliphatic carbocycles. The second kappa shape index (κ2) is 3.27. The molecule has 2 rings (SSSR count). The van der Waals surface area contributed by atoms with Crippen LogP contribution in [0.2, 0.25) is 0 Å². The van der Waals surface area contributed by atoms with Crippen LogP contribution >= 0.6 is 12.2 Å². The highest BCUT2D eigenvalue weighted by Crippen LogP contribution is 2.09. The van der Waals surface area contributed by atoms with Crippen molar-refractivity contribution in [3.63, 3.8) is 0 Å². The Kier molecular flexibility index (Phi) is 2.12. The van der Waals surface area contributed by atoms with Gasteiger partial charge in [0.15, 0.2) is 10.4 Å². The minimum absolute atomic E-state index is 0.0795. The summed E-state index contributed by atoms with van der Waals surface area (Å²) in [6.07, 6.45) is 1.71. The predicted molar refractivity (Wildman–Crippen MR) is 52.0 cm³/mol. The minimum Gasteiger partial charge on any atom is -0.395 e. The SMILES string of the molecule is OCCn1c(=S)[nH]c2ncccc21. The summed E-state index contributed by atoms with van der Waals surface area (Å²) in [5, 5.41) is 8.82. The van der Waals surface area contributed by atoms with Gasteiger partial charge in [-0.2, -0.15) is 0 Å². The summed E-state index contributed by atoms with van der Waals surface area (Å²) in [5.74, 6) is 0. The van der Waals surface area contributed by atoms with Gasteiger partial charge in [-0.15, -0.1) is 0 Å². The van der Waals surface area contributed by atoms with Gasteiger partial charge in [0.2, 0.25) is 0 Å². The Hall–Kier alpha value is -1.20. The van der Waals surface area contributed by atoms with Crippen molar-refractivity contribution in [3.05, 3.63) is 23.1 Å². The lowest BCUT2D eigenvalue weighted by atomic mass is 10.4. The van der Waals surface area contributed by atoms with Crippen LogP contribution in [0.5, 0.6) is 0 Å². The van der Waals surface area contributed by atoms with Crippen LogP contribution in [-0.2, 0) is 6.54 Å². The third-order valence-corrected chi connectivity index (χ3v) is 2.19. The first-order valence-corrected chi connectivity index (χ1v) is 4.38. The van der Waals surface area contributed by atoms with E-state index in [4.69, 9.17) is 17.3 Å². The zero-order chi connectivity index (χ0) is 9.26. The molecular formula is C8H9N3OS. The van der Waals surface area contributed by atoms with E-state index < -0.39 is 0 Å². The zero-order valence-electron chi connectivity index (χ0n) is 6.90. The van der Waals surface area contributed by atoms with E-state index in [0.29, 0.717) is 11.3 Å². The molecule has 0 spiro atoms. The molecule has 2 N–H and O–H groups in total. The van der Waals surface area contributed by atoms with Crippen LogP contribution in [0.1, 0.15) is 0 Å². The van der Waals surface area contributed by atoms with Crippen LogP contribution in [-0.4, -0.2) is 26.2 Å². The Bertz CT molecular complexity index is 473.